The van der Waals surface area contributed by atoms with Gasteiger partial charge in [0.05, 0.1) is 22.1 Å². The lowest BCUT2D eigenvalue weighted by molar-refractivity contribution is -0.138. The van der Waals surface area contributed by atoms with Crippen molar-refractivity contribution in [2.24, 2.45) is 0 Å². The average molecular weight is 505 g/mol. The number of carbonyl (C=O) groups is 1. The van der Waals surface area contributed by atoms with Gasteiger partial charge in [-0.2, -0.15) is 13.2 Å². The minimum Gasteiger partial charge on any atom is -0.444 e. The molecule has 0 aliphatic carbocycles. The number of hydrogen-bond acceptors (Lipinski definition) is 5. The number of nitrogens with zero attached hydrogens (tertiary/aromatic N) is 4. The largest absolute Gasteiger partial charge is 0.444 e. The molecule has 2 fully saturated rings. The zero-order valence-corrected chi connectivity index (χ0v) is 18.7. The third-order valence-corrected chi connectivity index (χ3v) is 6.26. The molecule has 2 atom stereocenters. The smallest absolute Gasteiger partial charge is 0.417 e. The van der Waals surface area contributed by atoms with Gasteiger partial charge >= 0.3 is 12.3 Å². The topological polar surface area (TPSA) is 58.6 Å². The average Bonchev–Trinajstić information content (AvgIpc) is 2.92. The number of halogens is 5. The predicted molar refractivity (Wildman–Crippen MR) is 109 cm³/mol. The van der Waals surface area contributed by atoms with E-state index in [0.29, 0.717) is 13.1 Å². The van der Waals surface area contributed by atoms with Crippen molar-refractivity contribution in [3.63, 3.8) is 0 Å². The first-order chi connectivity index (χ1) is 14.4. The Hall–Kier alpha value is -2.17. The third kappa shape index (κ3) is 4.04. The molecule has 2 aliphatic heterocycles. The summed E-state index contributed by atoms with van der Waals surface area (Å²) in [5.74, 6) is -0.855. The van der Waals surface area contributed by atoms with E-state index in [1.54, 1.807) is 30.6 Å². The molecule has 2 bridgehead atoms. The van der Waals surface area contributed by atoms with Gasteiger partial charge in [-0.25, -0.2) is 19.2 Å². The highest BCUT2D eigenvalue weighted by atomic mass is 79.9. The number of hydrogen-bond donors (Lipinski definition) is 0. The van der Waals surface area contributed by atoms with Gasteiger partial charge in [0.25, 0.3) is 0 Å². The molecule has 0 spiro atoms. The van der Waals surface area contributed by atoms with Crippen LogP contribution in [0.1, 0.15) is 39.2 Å². The van der Waals surface area contributed by atoms with Crippen molar-refractivity contribution in [1.29, 1.82) is 0 Å². The molecular formula is C20H21BrF4N4O2. The van der Waals surface area contributed by atoms with Crippen LogP contribution in [0.2, 0.25) is 0 Å². The number of rotatable bonds is 1. The first kappa shape index (κ1) is 22.0. The zero-order valence-electron chi connectivity index (χ0n) is 17.1. The van der Waals surface area contributed by atoms with E-state index in [0.717, 1.165) is 25.2 Å². The van der Waals surface area contributed by atoms with Gasteiger partial charge in [-0.05, 0) is 55.6 Å². The molecule has 4 rings (SSSR count). The summed E-state index contributed by atoms with van der Waals surface area (Å²) < 4.78 is 59.8. The predicted octanol–water partition coefficient (Wildman–Crippen LogP) is 5.14. The number of piperazine rings is 1. The normalized spacial score (nSPS) is 21.7. The molecule has 1 aromatic carbocycles. The van der Waals surface area contributed by atoms with Crippen LogP contribution in [0.15, 0.2) is 16.9 Å². The molecule has 2 aromatic rings. The van der Waals surface area contributed by atoms with Gasteiger partial charge in [0.1, 0.15) is 23.3 Å². The Balaban J connectivity index is 1.70. The van der Waals surface area contributed by atoms with Crippen LogP contribution in [0, 0.1) is 5.82 Å². The summed E-state index contributed by atoms with van der Waals surface area (Å²) in [5.41, 5.74) is -1.94. The minimum absolute atomic E-state index is 0.0133. The second-order valence-corrected chi connectivity index (χ2v) is 9.61. The SMILES string of the molecule is CC(C)(C)OC(=O)N1C2CCC1CN(c1ncnc3c(F)c(Br)c(C(F)(F)F)cc13)C2. The summed E-state index contributed by atoms with van der Waals surface area (Å²) in [6.07, 6.45) is -2.51. The number of benzene rings is 1. The number of fused-ring (bicyclic) bond motifs is 3. The van der Waals surface area contributed by atoms with Crippen molar-refractivity contribution >= 4 is 38.7 Å². The second kappa shape index (κ2) is 7.46. The maximum Gasteiger partial charge on any atom is 0.417 e. The molecule has 1 aromatic heterocycles. The highest BCUT2D eigenvalue weighted by molar-refractivity contribution is 9.10. The van der Waals surface area contributed by atoms with Crippen molar-refractivity contribution in [3.05, 3.63) is 28.2 Å². The fourth-order valence-electron chi connectivity index (χ4n) is 4.27. The molecule has 3 heterocycles. The Morgan fingerprint density at radius 3 is 2.32 bits per heavy atom. The Bertz CT molecular complexity index is 1030. The van der Waals surface area contributed by atoms with Gasteiger partial charge in [-0.1, -0.05) is 0 Å². The molecule has 6 nitrogen and oxygen atoms in total. The standard InChI is InChI=1S/C20H21BrF4N4O2/c1-19(2,3)31-18(30)29-10-4-5-11(29)8-28(7-10)17-12-6-13(20(23,24)25)14(21)15(22)16(12)26-9-27-17/h6,9-11H,4-5,7-8H2,1-3H3. The highest BCUT2D eigenvalue weighted by Crippen LogP contribution is 2.41. The number of carbonyl (C=O) groups excluding carboxylic acids is 1. The van der Waals surface area contributed by atoms with E-state index in [4.69, 9.17) is 4.74 Å². The Kier molecular flexibility index (Phi) is 5.30. The first-order valence-corrected chi connectivity index (χ1v) is 10.6. The number of alkyl halides is 3. The summed E-state index contributed by atoms with van der Waals surface area (Å²) in [4.78, 5) is 24.2. The van der Waals surface area contributed by atoms with Crippen LogP contribution in [-0.4, -0.2) is 51.7 Å². The molecule has 11 heteroatoms. The molecule has 2 saturated heterocycles. The zero-order chi connectivity index (χ0) is 22.7. The van der Waals surface area contributed by atoms with Crippen molar-refractivity contribution in [1.82, 2.24) is 14.9 Å². The van der Waals surface area contributed by atoms with Crippen molar-refractivity contribution < 1.29 is 27.1 Å². The molecule has 0 radical (unpaired) electrons. The highest BCUT2D eigenvalue weighted by Gasteiger charge is 2.45. The quantitative estimate of drug-likeness (QED) is 0.503. The van der Waals surface area contributed by atoms with Crippen molar-refractivity contribution in [2.45, 2.75) is 57.5 Å². The summed E-state index contributed by atoms with van der Waals surface area (Å²) in [7, 11) is 0. The van der Waals surface area contributed by atoms with Crippen LogP contribution in [0.3, 0.4) is 0 Å². The molecule has 0 saturated carbocycles. The van der Waals surface area contributed by atoms with Crippen molar-refractivity contribution in [3.8, 4) is 0 Å². The molecule has 2 unspecified atom stereocenters. The monoisotopic (exact) mass is 504 g/mol. The van der Waals surface area contributed by atoms with Gasteiger partial charge in [-0.15, -0.1) is 0 Å². The Morgan fingerprint density at radius 2 is 1.77 bits per heavy atom. The van der Waals surface area contributed by atoms with Gasteiger partial charge in [0.2, 0.25) is 0 Å². The lowest BCUT2D eigenvalue weighted by atomic mass is 10.1. The molecule has 0 N–H and O–H groups in total. The number of anilines is 1. The molecule has 2 aliphatic rings. The fraction of sp³-hybridized carbons (Fsp3) is 0.550. The van der Waals surface area contributed by atoms with E-state index in [-0.39, 0.29) is 28.8 Å². The summed E-state index contributed by atoms with van der Waals surface area (Å²) >= 11 is 2.71. The maximum absolute atomic E-state index is 14.7. The second-order valence-electron chi connectivity index (χ2n) is 8.82. The number of ether oxygens (including phenoxy) is 1. The molecular weight excluding hydrogens is 484 g/mol. The molecule has 31 heavy (non-hydrogen) atoms. The number of aromatic nitrogens is 2. The summed E-state index contributed by atoms with van der Waals surface area (Å²) in [5, 5.41) is -0.0133. The maximum atomic E-state index is 14.7. The van der Waals surface area contributed by atoms with Gasteiger partial charge in [-0.3, -0.25) is 4.90 Å². The van der Waals surface area contributed by atoms with Crippen LogP contribution in [-0.2, 0) is 10.9 Å². The molecule has 168 valence electrons. The summed E-state index contributed by atoms with van der Waals surface area (Å²) in [6.45, 7) is 6.10. The van der Waals surface area contributed by atoms with E-state index in [1.807, 2.05) is 0 Å². The van der Waals surface area contributed by atoms with Crippen LogP contribution in [0.5, 0.6) is 0 Å². The third-order valence-electron chi connectivity index (χ3n) is 5.48. The minimum atomic E-state index is -4.74. The van der Waals surface area contributed by atoms with Crippen LogP contribution >= 0.6 is 15.9 Å². The lowest BCUT2D eigenvalue weighted by Gasteiger charge is -2.42. The van der Waals surface area contributed by atoms with Gasteiger partial charge in [0.15, 0.2) is 5.82 Å². The van der Waals surface area contributed by atoms with E-state index < -0.39 is 33.7 Å². The lowest BCUT2D eigenvalue weighted by Crippen LogP contribution is -2.57. The first-order valence-electron chi connectivity index (χ1n) is 9.83. The van der Waals surface area contributed by atoms with Crippen molar-refractivity contribution in [2.75, 3.05) is 18.0 Å². The number of amides is 1. The Labute approximate surface area is 184 Å². The van der Waals surface area contributed by atoms with Crippen LogP contribution < -0.4 is 4.90 Å². The van der Waals surface area contributed by atoms with E-state index in [1.165, 1.54) is 0 Å². The van der Waals surface area contributed by atoms with Gasteiger partial charge in [0, 0.05) is 18.5 Å². The fourth-order valence-corrected chi connectivity index (χ4v) is 4.80. The summed E-state index contributed by atoms with van der Waals surface area (Å²) in [6, 6.07) is 0.543. The van der Waals surface area contributed by atoms with E-state index >= 15 is 0 Å². The van der Waals surface area contributed by atoms with Crippen LogP contribution in [0.4, 0.5) is 28.2 Å². The van der Waals surface area contributed by atoms with Crippen LogP contribution in [0.25, 0.3) is 10.9 Å². The Morgan fingerprint density at radius 1 is 1.16 bits per heavy atom. The van der Waals surface area contributed by atoms with E-state index in [9.17, 15) is 22.4 Å². The van der Waals surface area contributed by atoms with E-state index in [2.05, 4.69) is 25.9 Å². The van der Waals surface area contributed by atoms with Gasteiger partial charge < -0.3 is 9.64 Å². The molecule has 1 amide bonds.